The van der Waals surface area contributed by atoms with E-state index in [0.29, 0.717) is 49.7 Å². The monoisotopic (exact) mass is 701 g/mol. The molecule has 0 radical (unpaired) electrons. The molecule has 4 heterocycles. The summed E-state index contributed by atoms with van der Waals surface area (Å²) >= 11 is 12.2. The second kappa shape index (κ2) is 12.7. The van der Waals surface area contributed by atoms with Crippen molar-refractivity contribution in [1.82, 2.24) is 19.9 Å². The molecule has 0 amide bonds. The van der Waals surface area contributed by atoms with E-state index in [1.165, 1.54) is 0 Å². The summed E-state index contributed by atoms with van der Waals surface area (Å²) in [5.74, 6) is -3.14. The van der Waals surface area contributed by atoms with E-state index in [1.54, 1.807) is 56.0 Å². The number of nitrogens with one attached hydrogen (secondary N) is 3. The molecule has 7 aromatic rings. The van der Waals surface area contributed by atoms with E-state index in [2.05, 4.69) is 24.7 Å². The molecule has 7 rings (SSSR count). The van der Waals surface area contributed by atoms with Crippen LogP contribution in [0.5, 0.6) is 0 Å². The highest BCUT2D eigenvalue weighted by Gasteiger charge is 2.31. The maximum absolute atomic E-state index is 16.7. The molecule has 48 heavy (non-hydrogen) atoms. The van der Waals surface area contributed by atoms with E-state index in [1.807, 2.05) is 36.4 Å². The molecule has 0 fully saturated rings. The molecule has 0 saturated heterocycles. The first kappa shape index (κ1) is 31.8. The third-order valence-electron chi connectivity index (χ3n) is 8.26. The molecule has 0 atom stereocenters. The Morgan fingerprint density at radius 2 is 1.25 bits per heavy atom. The Hall–Kier alpha value is -4.77. The van der Waals surface area contributed by atoms with E-state index in [-0.39, 0.29) is 17.0 Å². The van der Waals surface area contributed by atoms with Crippen molar-refractivity contribution >= 4 is 61.0 Å². The second-order valence-electron chi connectivity index (χ2n) is 11.4. The van der Waals surface area contributed by atoms with Crippen LogP contribution in [0.15, 0.2) is 97.6 Å². The molecule has 7 nitrogen and oxygen atoms in total. The Bertz CT molecular complexity index is 2290. The molecule has 12 heteroatoms. The Morgan fingerprint density at radius 1 is 0.750 bits per heavy atom. The van der Waals surface area contributed by atoms with Gasteiger partial charge in [0.05, 0.1) is 11.4 Å². The Labute approximate surface area is 285 Å². The summed E-state index contributed by atoms with van der Waals surface area (Å²) in [4.78, 5) is 15.5. The van der Waals surface area contributed by atoms with Crippen molar-refractivity contribution in [2.45, 2.75) is 19.3 Å². The van der Waals surface area contributed by atoms with Crippen LogP contribution in [0.2, 0.25) is 10.0 Å². The number of pyridine rings is 2. The summed E-state index contributed by atoms with van der Waals surface area (Å²) in [6.45, 7) is 1.70. The zero-order valence-electron chi connectivity index (χ0n) is 25.4. The van der Waals surface area contributed by atoms with Gasteiger partial charge in [-0.25, -0.2) is 27.2 Å². The fourth-order valence-corrected chi connectivity index (χ4v) is 7.39. The van der Waals surface area contributed by atoms with Gasteiger partial charge < -0.3 is 9.97 Å². The minimum atomic E-state index is -3.88. The predicted octanol–water partition coefficient (Wildman–Crippen LogP) is 9.69. The quantitative estimate of drug-likeness (QED) is 0.139. The van der Waals surface area contributed by atoms with Crippen molar-refractivity contribution in [1.29, 1.82) is 0 Å². The SMILES string of the molecule is CCCS(=O)(=O)Nc1ccc(F)c(C(c2c[nH]c3ncc(-c4ccc(Cl)cc4)cc23)c2c[nH]c3ncc(-c4ccc(Cl)cc4)cc23)c1F. The first-order valence-electron chi connectivity index (χ1n) is 15.1. The van der Waals surface area contributed by atoms with E-state index >= 15 is 8.78 Å². The Balaban J connectivity index is 1.47. The molecule has 242 valence electrons. The van der Waals surface area contributed by atoms with Crippen LogP contribution in [0, 0.1) is 11.6 Å². The van der Waals surface area contributed by atoms with Crippen LogP contribution in [0.1, 0.15) is 36.0 Å². The van der Waals surface area contributed by atoms with Gasteiger partial charge in [0.1, 0.15) is 17.1 Å². The number of H-pyrrole nitrogens is 2. The lowest BCUT2D eigenvalue weighted by Gasteiger charge is -2.21. The lowest BCUT2D eigenvalue weighted by molar-refractivity contribution is 0.554. The average Bonchev–Trinajstić information content (AvgIpc) is 3.69. The number of fused-ring (bicyclic) bond motifs is 2. The van der Waals surface area contributed by atoms with Gasteiger partial charge in [0.2, 0.25) is 10.0 Å². The summed E-state index contributed by atoms with van der Waals surface area (Å²) < 4.78 is 60.5. The van der Waals surface area contributed by atoms with Gasteiger partial charge in [0.15, 0.2) is 5.82 Å². The molecule has 3 aromatic carbocycles. The van der Waals surface area contributed by atoms with Crippen molar-refractivity contribution in [3.8, 4) is 22.3 Å². The summed E-state index contributed by atoms with van der Waals surface area (Å²) in [6, 6.07) is 20.5. The van der Waals surface area contributed by atoms with Crippen molar-refractivity contribution in [2.75, 3.05) is 10.5 Å². The predicted molar refractivity (Wildman–Crippen MR) is 188 cm³/mol. The molecule has 0 unspecified atom stereocenters. The summed E-state index contributed by atoms with van der Waals surface area (Å²) in [5.41, 5.74) is 4.64. The van der Waals surface area contributed by atoms with Crippen molar-refractivity contribution in [3.05, 3.63) is 136 Å². The normalized spacial score (nSPS) is 12.0. The first-order valence-corrected chi connectivity index (χ1v) is 17.5. The van der Waals surface area contributed by atoms with E-state index in [9.17, 15) is 8.42 Å². The summed E-state index contributed by atoms with van der Waals surface area (Å²) in [6.07, 6.45) is 7.09. The fraction of sp³-hybridized carbons (Fsp3) is 0.111. The van der Waals surface area contributed by atoms with Gasteiger partial charge in [0.25, 0.3) is 0 Å². The van der Waals surface area contributed by atoms with Gasteiger partial charge >= 0.3 is 0 Å². The zero-order valence-corrected chi connectivity index (χ0v) is 27.7. The lowest BCUT2D eigenvalue weighted by atomic mass is 9.83. The Kier molecular flexibility index (Phi) is 8.41. The topological polar surface area (TPSA) is 104 Å². The van der Waals surface area contributed by atoms with E-state index < -0.39 is 27.6 Å². The van der Waals surface area contributed by atoms with Gasteiger partial charge in [-0.15, -0.1) is 0 Å². The average molecular weight is 703 g/mol. The number of aromatic nitrogens is 4. The highest BCUT2D eigenvalue weighted by atomic mass is 35.5. The maximum Gasteiger partial charge on any atom is 0.232 e. The first-order chi connectivity index (χ1) is 23.1. The largest absolute Gasteiger partial charge is 0.346 e. The smallest absolute Gasteiger partial charge is 0.232 e. The number of rotatable bonds is 9. The van der Waals surface area contributed by atoms with E-state index in [0.717, 1.165) is 34.4 Å². The number of sulfonamides is 1. The third kappa shape index (κ3) is 6.03. The number of anilines is 1. The van der Waals surface area contributed by atoms with Crippen LogP contribution in [-0.4, -0.2) is 34.1 Å². The van der Waals surface area contributed by atoms with Crippen LogP contribution < -0.4 is 4.72 Å². The highest BCUT2D eigenvalue weighted by molar-refractivity contribution is 7.92. The van der Waals surface area contributed by atoms with Crippen molar-refractivity contribution < 1.29 is 17.2 Å². The van der Waals surface area contributed by atoms with Gasteiger partial charge in [-0.1, -0.05) is 54.4 Å². The van der Waals surface area contributed by atoms with Gasteiger partial charge in [-0.05, 0) is 77.2 Å². The minimum absolute atomic E-state index is 0.217. The number of nitrogens with zero attached hydrogens (tertiary/aromatic N) is 2. The number of halogens is 4. The van der Waals surface area contributed by atoms with Gasteiger partial charge in [-0.2, -0.15) is 0 Å². The van der Waals surface area contributed by atoms with Crippen LogP contribution in [0.4, 0.5) is 14.5 Å². The number of benzene rings is 3. The molecule has 3 N–H and O–H groups in total. The molecule has 0 saturated carbocycles. The number of hydrogen-bond acceptors (Lipinski definition) is 4. The lowest BCUT2D eigenvalue weighted by Crippen LogP contribution is -2.18. The molecule has 0 bridgehead atoms. The molecule has 0 aliphatic heterocycles. The zero-order chi connectivity index (χ0) is 33.6. The van der Waals surface area contributed by atoms with Gasteiger partial charge in [-0.3, -0.25) is 4.72 Å². The second-order valence-corrected chi connectivity index (χ2v) is 14.1. The van der Waals surface area contributed by atoms with Crippen molar-refractivity contribution in [2.24, 2.45) is 0 Å². The van der Waals surface area contributed by atoms with Crippen molar-refractivity contribution in [3.63, 3.8) is 0 Å². The summed E-state index contributed by atoms with van der Waals surface area (Å²) in [7, 11) is -3.88. The molecular weight excluding hydrogens is 675 g/mol. The standard InChI is InChI=1S/C36H27Cl2F2N5O2S/c1-2-13-48(46,47)45-31-12-11-30(39)33(34(31)40)32(28-18-43-35-26(28)14-22(16-41-35)20-3-7-24(37)8-4-20)29-19-44-36-27(29)15-23(17-42-36)21-5-9-25(38)10-6-21/h3-12,14-19,32,45H,2,13H2,1H3,(H,41,43)(H,42,44). The molecule has 0 spiro atoms. The minimum Gasteiger partial charge on any atom is -0.346 e. The highest BCUT2D eigenvalue weighted by Crippen LogP contribution is 2.43. The van der Waals surface area contributed by atoms with Crippen LogP contribution >= 0.6 is 23.2 Å². The van der Waals surface area contributed by atoms with Crippen LogP contribution in [-0.2, 0) is 10.0 Å². The third-order valence-corrected chi connectivity index (χ3v) is 10.2. The number of hydrogen-bond donors (Lipinski definition) is 3. The number of aromatic amines is 2. The molecule has 0 aliphatic carbocycles. The van der Waals surface area contributed by atoms with Crippen LogP contribution in [0.25, 0.3) is 44.3 Å². The fourth-order valence-electron chi connectivity index (χ4n) is 6.00. The van der Waals surface area contributed by atoms with Gasteiger partial charge in [0, 0.05) is 68.2 Å². The molecule has 4 aromatic heterocycles. The molecular formula is C36H27Cl2F2N5O2S. The maximum atomic E-state index is 16.7. The van der Waals surface area contributed by atoms with Crippen LogP contribution in [0.3, 0.4) is 0 Å². The molecule has 0 aliphatic rings. The summed E-state index contributed by atoms with van der Waals surface area (Å²) in [5, 5.41) is 2.42. The Morgan fingerprint density at radius 3 is 1.73 bits per heavy atom. The van der Waals surface area contributed by atoms with E-state index in [4.69, 9.17) is 23.2 Å².